The molecule has 22 heavy (non-hydrogen) atoms. The third-order valence-corrected chi connectivity index (χ3v) is 4.95. The van der Waals surface area contributed by atoms with Crippen LogP contribution < -0.4 is 5.32 Å². The van der Waals surface area contributed by atoms with Crippen LogP contribution in [0.25, 0.3) is 10.6 Å². The quantitative estimate of drug-likeness (QED) is 0.946. The molecule has 0 bridgehead atoms. The van der Waals surface area contributed by atoms with Gasteiger partial charge in [0.05, 0.1) is 9.75 Å². The molecule has 6 heteroatoms. The summed E-state index contributed by atoms with van der Waals surface area (Å²) in [7, 11) is 1.60. The average Bonchev–Trinajstić information content (AvgIpc) is 3.24. The molecule has 2 aromatic heterocycles. The van der Waals surface area contributed by atoms with E-state index in [1.807, 2.05) is 25.1 Å². The number of aryl methyl sites for hydroxylation is 1. The van der Waals surface area contributed by atoms with E-state index in [9.17, 15) is 9.59 Å². The lowest BCUT2D eigenvalue weighted by Crippen LogP contribution is -2.44. The second kappa shape index (κ2) is 5.96. The fourth-order valence-corrected chi connectivity index (χ4v) is 3.67. The Morgan fingerprint density at radius 1 is 1.32 bits per heavy atom. The number of nitrogens with zero attached hydrogens (tertiary/aromatic N) is 1. The van der Waals surface area contributed by atoms with Crippen LogP contribution in [-0.4, -0.2) is 36.3 Å². The molecule has 0 spiro atoms. The molecule has 0 saturated carbocycles. The van der Waals surface area contributed by atoms with Gasteiger partial charge in [-0.05, 0) is 44.0 Å². The molecule has 1 fully saturated rings. The molecule has 3 rings (SSSR count). The highest BCUT2D eigenvalue weighted by molar-refractivity contribution is 7.17. The predicted molar refractivity (Wildman–Crippen MR) is 84.9 cm³/mol. The van der Waals surface area contributed by atoms with Crippen LogP contribution in [0.2, 0.25) is 0 Å². The molecular weight excluding hydrogens is 300 g/mol. The van der Waals surface area contributed by atoms with Gasteiger partial charge in [-0.3, -0.25) is 9.59 Å². The van der Waals surface area contributed by atoms with Crippen LogP contribution in [-0.2, 0) is 4.79 Å². The Hall–Kier alpha value is -2.08. The van der Waals surface area contributed by atoms with Gasteiger partial charge in [0.25, 0.3) is 5.91 Å². The molecule has 5 nitrogen and oxygen atoms in total. The first kappa shape index (κ1) is 14.8. The maximum Gasteiger partial charge on any atom is 0.264 e. The lowest BCUT2D eigenvalue weighted by atomic mass is 10.2. The summed E-state index contributed by atoms with van der Waals surface area (Å²) in [6.45, 7) is 2.52. The second-order valence-corrected chi connectivity index (χ2v) is 6.43. The summed E-state index contributed by atoms with van der Waals surface area (Å²) in [4.78, 5) is 27.8. The Bertz CT molecular complexity index is 704. The first-order valence-electron chi connectivity index (χ1n) is 7.29. The summed E-state index contributed by atoms with van der Waals surface area (Å²) in [5.41, 5.74) is 0. The zero-order valence-electron chi connectivity index (χ0n) is 12.6. The van der Waals surface area contributed by atoms with Gasteiger partial charge in [-0.25, -0.2) is 0 Å². The number of furan rings is 1. The van der Waals surface area contributed by atoms with Crippen molar-refractivity contribution in [2.45, 2.75) is 25.8 Å². The maximum absolute atomic E-state index is 12.7. The van der Waals surface area contributed by atoms with Gasteiger partial charge < -0.3 is 14.6 Å². The lowest BCUT2D eigenvalue weighted by molar-refractivity contribution is -0.124. The highest BCUT2D eigenvalue weighted by Gasteiger charge is 2.34. The molecule has 1 atom stereocenters. The van der Waals surface area contributed by atoms with Gasteiger partial charge in [-0.15, -0.1) is 11.3 Å². The number of thiophene rings is 1. The van der Waals surface area contributed by atoms with Gasteiger partial charge in [-0.2, -0.15) is 0 Å². The van der Waals surface area contributed by atoms with Crippen LogP contribution in [0.15, 0.2) is 28.7 Å². The summed E-state index contributed by atoms with van der Waals surface area (Å²) >= 11 is 1.40. The third kappa shape index (κ3) is 2.66. The van der Waals surface area contributed by atoms with E-state index in [4.69, 9.17) is 4.42 Å². The van der Waals surface area contributed by atoms with Crippen molar-refractivity contribution in [3.8, 4) is 10.6 Å². The molecule has 0 aromatic carbocycles. The number of nitrogens with one attached hydrogen (secondary N) is 1. The highest BCUT2D eigenvalue weighted by atomic mass is 32.1. The molecule has 1 N–H and O–H groups in total. The molecule has 1 aliphatic heterocycles. The van der Waals surface area contributed by atoms with Crippen LogP contribution in [0.5, 0.6) is 0 Å². The second-order valence-electron chi connectivity index (χ2n) is 5.35. The number of amides is 2. The van der Waals surface area contributed by atoms with Crippen molar-refractivity contribution in [1.29, 1.82) is 0 Å². The summed E-state index contributed by atoms with van der Waals surface area (Å²) in [5.74, 6) is 1.44. The first-order chi connectivity index (χ1) is 10.6. The minimum atomic E-state index is -0.353. The summed E-state index contributed by atoms with van der Waals surface area (Å²) in [6, 6.07) is 7.14. The van der Waals surface area contributed by atoms with E-state index in [0.29, 0.717) is 11.4 Å². The molecule has 0 unspecified atom stereocenters. The van der Waals surface area contributed by atoms with Crippen molar-refractivity contribution in [3.05, 3.63) is 34.9 Å². The Balaban J connectivity index is 1.81. The number of carbonyl (C=O) groups excluding carboxylic acids is 2. The maximum atomic E-state index is 12.7. The Kier molecular flexibility index (Phi) is 4.02. The van der Waals surface area contributed by atoms with Gasteiger partial charge >= 0.3 is 0 Å². The van der Waals surface area contributed by atoms with Gasteiger partial charge in [0, 0.05) is 13.6 Å². The van der Waals surface area contributed by atoms with Gasteiger partial charge in [0.1, 0.15) is 17.6 Å². The van der Waals surface area contributed by atoms with E-state index in [2.05, 4.69) is 5.32 Å². The van der Waals surface area contributed by atoms with Crippen molar-refractivity contribution >= 4 is 23.2 Å². The number of likely N-dealkylation sites (N-methyl/N-ethyl adjacent to an activating group) is 1. The summed E-state index contributed by atoms with van der Waals surface area (Å²) in [5, 5.41) is 2.63. The fraction of sp³-hybridized carbons (Fsp3) is 0.375. The third-order valence-electron chi connectivity index (χ3n) is 3.86. The monoisotopic (exact) mass is 318 g/mol. The normalized spacial score (nSPS) is 17.7. The fourth-order valence-electron chi connectivity index (χ4n) is 2.74. The summed E-state index contributed by atoms with van der Waals surface area (Å²) < 4.78 is 5.59. The van der Waals surface area contributed by atoms with Gasteiger partial charge in [0.2, 0.25) is 5.91 Å². The predicted octanol–water partition coefficient (Wildman–Crippen LogP) is 2.67. The van der Waals surface area contributed by atoms with E-state index in [1.165, 1.54) is 11.3 Å². The zero-order chi connectivity index (χ0) is 15.7. The average molecular weight is 318 g/mol. The standard InChI is InChI=1S/C16H18N2O3S/c1-10-5-6-12(21-10)13-7-8-14(22-13)16(20)18-9-3-4-11(18)15(19)17-2/h5-8,11H,3-4,9H2,1-2H3,(H,17,19)/t11-/m0/s1. The SMILES string of the molecule is CNC(=O)[C@@H]1CCCN1C(=O)c1ccc(-c2ccc(C)o2)s1. The topological polar surface area (TPSA) is 62.6 Å². The van der Waals surface area contributed by atoms with E-state index in [0.717, 1.165) is 29.2 Å². The first-order valence-corrected chi connectivity index (χ1v) is 8.11. The molecule has 0 aliphatic carbocycles. The largest absolute Gasteiger partial charge is 0.461 e. The molecular formula is C16H18N2O3S. The molecule has 2 amide bonds. The molecule has 0 radical (unpaired) electrons. The summed E-state index contributed by atoms with van der Waals surface area (Å²) in [6.07, 6.45) is 1.58. The zero-order valence-corrected chi connectivity index (χ0v) is 13.4. The van der Waals surface area contributed by atoms with Crippen molar-refractivity contribution in [2.24, 2.45) is 0 Å². The molecule has 2 aromatic rings. The van der Waals surface area contributed by atoms with E-state index in [-0.39, 0.29) is 17.9 Å². The van der Waals surface area contributed by atoms with E-state index >= 15 is 0 Å². The van der Waals surface area contributed by atoms with E-state index < -0.39 is 0 Å². The Labute approximate surface area is 132 Å². The Morgan fingerprint density at radius 2 is 2.14 bits per heavy atom. The van der Waals surface area contributed by atoms with Gasteiger partial charge in [-0.1, -0.05) is 0 Å². The molecule has 116 valence electrons. The van der Waals surface area contributed by atoms with Crippen LogP contribution in [0, 0.1) is 6.92 Å². The van der Waals surface area contributed by atoms with Crippen molar-refractivity contribution < 1.29 is 14.0 Å². The number of hydrogen-bond donors (Lipinski definition) is 1. The van der Waals surface area contributed by atoms with Crippen LogP contribution >= 0.6 is 11.3 Å². The minimum absolute atomic E-state index is 0.0781. The van der Waals surface area contributed by atoms with Crippen molar-refractivity contribution in [1.82, 2.24) is 10.2 Å². The van der Waals surface area contributed by atoms with E-state index in [1.54, 1.807) is 18.0 Å². The smallest absolute Gasteiger partial charge is 0.264 e. The van der Waals surface area contributed by atoms with Crippen molar-refractivity contribution in [2.75, 3.05) is 13.6 Å². The number of rotatable bonds is 3. The number of carbonyl (C=O) groups is 2. The molecule has 3 heterocycles. The number of hydrogen-bond acceptors (Lipinski definition) is 4. The molecule has 1 saturated heterocycles. The Morgan fingerprint density at radius 3 is 2.82 bits per heavy atom. The van der Waals surface area contributed by atoms with Crippen LogP contribution in [0.1, 0.15) is 28.3 Å². The lowest BCUT2D eigenvalue weighted by Gasteiger charge is -2.22. The van der Waals surface area contributed by atoms with Crippen LogP contribution in [0.4, 0.5) is 0 Å². The highest BCUT2D eigenvalue weighted by Crippen LogP contribution is 2.31. The van der Waals surface area contributed by atoms with Crippen molar-refractivity contribution in [3.63, 3.8) is 0 Å². The van der Waals surface area contributed by atoms with Gasteiger partial charge in [0.15, 0.2) is 0 Å². The van der Waals surface area contributed by atoms with Crippen LogP contribution in [0.3, 0.4) is 0 Å². The molecule has 1 aliphatic rings. The number of likely N-dealkylation sites (tertiary alicyclic amines) is 1. The minimum Gasteiger partial charge on any atom is -0.461 e.